The van der Waals surface area contributed by atoms with Crippen LogP contribution in [0, 0.1) is 11.2 Å². The highest BCUT2D eigenvalue weighted by molar-refractivity contribution is 5.98. The number of pyridine rings is 1. The zero-order valence-corrected chi connectivity index (χ0v) is 20.3. The molecule has 35 heavy (non-hydrogen) atoms. The fourth-order valence-electron chi connectivity index (χ4n) is 4.64. The summed E-state index contributed by atoms with van der Waals surface area (Å²) in [6.07, 6.45) is 4.06. The minimum atomic E-state index is -1.02. The molecule has 1 unspecified atom stereocenters. The van der Waals surface area contributed by atoms with Gasteiger partial charge in [0, 0.05) is 55.8 Å². The lowest BCUT2D eigenvalue weighted by molar-refractivity contribution is -0.150. The van der Waals surface area contributed by atoms with Crippen molar-refractivity contribution in [2.24, 2.45) is 5.41 Å². The molecule has 0 saturated carbocycles. The highest BCUT2D eigenvalue weighted by Gasteiger charge is 2.54. The second-order valence-corrected chi connectivity index (χ2v) is 10.1. The average Bonchev–Trinajstić information content (AvgIpc) is 3.21. The predicted molar refractivity (Wildman–Crippen MR) is 126 cm³/mol. The first-order valence-electron chi connectivity index (χ1n) is 11.8. The molecule has 1 aromatic carbocycles. The molecule has 9 heteroatoms. The fraction of sp³-hybridized carbons (Fsp3) is 0.462. The van der Waals surface area contributed by atoms with Crippen molar-refractivity contribution in [2.45, 2.75) is 51.9 Å². The van der Waals surface area contributed by atoms with Crippen molar-refractivity contribution in [3.05, 3.63) is 65.7 Å². The monoisotopic (exact) mass is 482 g/mol. The van der Waals surface area contributed by atoms with Crippen LogP contribution in [0.2, 0.25) is 0 Å². The highest BCUT2D eigenvalue weighted by atomic mass is 19.1. The second-order valence-electron chi connectivity index (χ2n) is 10.1. The molecule has 2 aliphatic heterocycles. The SMILES string of the molecule is CC(C)(C)C(=O)N1CCC2(CC1)OCC(C(=O)NCc1ccncc1)N2C(=O)c1ccc(F)cc1. The smallest absolute Gasteiger partial charge is 0.256 e. The Kier molecular flexibility index (Phi) is 6.89. The van der Waals surface area contributed by atoms with Gasteiger partial charge in [-0.2, -0.15) is 0 Å². The molecule has 0 radical (unpaired) electrons. The van der Waals surface area contributed by atoms with Gasteiger partial charge in [0.2, 0.25) is 11.8 Å². The van der Waals surface area contributed by atoms with Crippen molar-refractivity contribution in [1.29, 1.82) is 0 Å². The van der Waals surface area contributed by atoms with E-state index in [2.05, 4.69) is 10.3 Å². The Morgan fingerprint density at radius 2 is 1.71 bits per heavy atom. The van der Waals surface area contributed by atoms with Gasteiger partial charge >= 0.3 is 0 Å². The van der Waals surface area contributed by atoms with Gasteiger partial charge in [-0.3, -0.25) is 24.3 Å². The minimum Gasteiger partial charge on any atom is -0.353 e. The summed E-state index contributed by atoms with van der Waals surface area (Å²) in [5, 5.41) is 2.89. The minimum absolute atomic E-state index is 0.0356. The quantitative estimate of drug-likeness (QED) is 0.724. The fourth-order valence-corrected chi connectivity index (χ4v) is 4.64. The average molecular weight is 483 g/mol. The molecule has 3 heterocycles. The van der Waals surface area contributed by atoms with Crippen molar-refractivity contribution in [2.75, 3.05) is 19.7 Å². The van der Waals surface area contributed by atoms with Crippen molar-refractivity contribution in [3.8, 4) is 0 Å². The molecule has 2 aromatic rings. The van der Waals surface area contributed by atoms with Gasteiger partial charge in [-0.05, 0) is 42.0 Å². The van der Waals surface area contributed by atoms with Crippen LogP contribution in [-0.4, -0.2) is 64.0 Å². The molecule has 186 valence electrons. The molecule has 1 spiro atoms. The summed E-state index contributed by atoms with van der Waals surface area (Å²) in [5.41, 5.74) is -0.373. The topological polar surface area (TPSA) is 91.8 Å². The molecule has 1 atom stereocenters. The number of nitrogens with one attached hydrogen (secondary N) is 1. The predicted octanol–water partition coefficient (Wildman–Crippen LogP) is 2.74. The van der Waals surface area contributed by atoms with E-state index >= 15 is 0 Å². The number of hydrogen-bond donors (Lipinski definition) is 1. The van der Waals surface area contributed by atoms with Crippen LogP contribution in [0.15, 0.2) is 48.8 Å². The number of rotatable bonds is 4. The molecule has 2 fully saturated rings. The molecule has 2 saturated heterocycles. The zero-order valence-electron chi connectivity index (χ0n) is 20.3. The van der Waals surface area contributed by atoms with E-state index in [0.29, 0.717) is 25.9 Å². The largest absolute Gasteiger partial charge is 0.353 e. The highest BCUT2D eigenvalue weighted by Crippen LogP contribution is 2.39. The van der Waals surface area contributed by atoms with Crippen LogP contribution in [0.1, 0.15) is 49.5 Å². The Morgan fingerprint density at radius 1 is 1.09 bits per heavy atom. The number of carbonyl (C=O) groups is 3. The number of carbonyl (C=O) groups excluding carboxylic acids is 3. The first-order chi connectivity index (χ1) is 16.6. The molecule has 8 nitrogen and oxygen atoms in total. The van der Waals surface area contributed by atoms with Crippen LogP contribution in [0.5, 0.6) is 0 Å². The summed E-state index contributed by atoms with van der Waals surface area (Å²) in [6.45, 7) is 6.78. The number of piperidine rings is 1. The second kappa shape index (κ2) is 9.73. The van der Waals surface area contributed by atoms with E-state index in [1.807, 2.05) is 20.8 Å². The van der Waals surface area contributed by atoms with Gasteiger partial charge in [-0.1, -0.05) is 20.8 Å². The molecular weight excluding hydrogens is 451 g/mol. The van der Waals surface area contributed by atoms with E-state index in [9.17, 15) is 18.8 Å². The third kappa shape index (κ3) is 5.19. The maximum atomic E-state index is 13.7. The van der Waals surface area contributed by atoms with Crippen molar-refractivity contribution >= 4 is 17.7 Å². The van der Waals surface area contributed by atoms with Crippen LogP contribution in [0.3, 0.4) is 0 Å². The van der Waals surface area contributed by atoms with Gasteiger partial charge in [0.1, 0.15) is 17.6 Å². The zero-order chi connectivity index (χ0) is 25.2. The molecule has 1 aromatic heterocycles. The summed E-state index contributed by atoms with van der Waals surface area (Å²) < 4.78 is 19.7. The first-order valence-corrected chi connectivity index (χ1v) is 11.8. The lowest BCUT2D eigenvalue weighted by Crippen LogP contribution is -2.60. The summed E-state index contributed by atoms with van der Waals surface area (Å²) in [5.74, 6) is -1.15. The Morgan fingerprint density at radius 3 is 2.31 bits per heavy atom. The van der Waals surface area contributed by atoms with E-state index in [1.54, 1.807) is 29.4 Å². The summed E-state index contributed by atoms with van der Waals surface area (Å²) in [4.78, 5) is 46.9. The van der Waals surface area contributed by atoms with E-state index in [1.165, 1.54) is 29.2 Å². The van der Waals surface area contributed by atoms with E-state index in [-0.39, 0.29) is 30.5 Å². The molecule has 1 N–H and O–H groups in total. The van der Waals surface area contributed by atoms with E-state index in [4.69, 9.17) is 4.74 Å². The van der Waals surface area contributed by atoms with Gasteiger partial charge in [-0.25, -0.2) is 4.39 Å². The lowest BCUT2D eigenvalue weighted by atomic mass is 9.91. The van der Waals surface area contributed by atoms with Gasteiger partial charge in [-0.15, -0.1) is 0 Å². The Hall–Kier alpha value is -3.33. The molecule has 0 aliphatic carbocycles. The van der Waals surface area contributed by atoms with Crippen LogP contribution in [-0.2, 0) is 20.9 Å². The third-order valence-corrected chi connectivity index (χ3v) is 6.56. The van der Waals surface area contributed by atoms with Crippen molar-refractivity contribution in [3.63, 3.8) is 0 Å². The third-order valence-electron chi connectivity index (χ3n) is 6.56. The van der Waals surface area contributed by atoms with Crippen LogP contribution in [0.25, 0.3) is 0 Å². The normalized spacial score (nSPS) is 19.6. The molecule has 4 rings (SSSR count). The summed E-state index contributed by atoms with van der Waals surface area (Å²) in [7, 11) is 0. The summed E-state index contributed by atoms with van der Waals surface area (Å²) >= 11 is 0. The number of aromatic nitrogens is 1. The molecule has 2 aliphatic rings. The standard InChI is InChI=1S/C26H31FN4O4/c1-25(2,3)24(34)30-14-10-26(11-15-30)31(23(33)19-4-6-20(27)7-5-19)21(17-35-26)22(32)29-16-18-8-12-28-13-9-18/h4-9,12-13,21H,10-11,14-17H2,1-3H3,(H,29,32). The van der Waals surface area contributed by atoms with Crippen molar-refractivity contribution < 1.29 is 23.5 Å². The first kappa shape index (κ1) is 24.8. The van der Waals surface area contributed by atoms with Gasteiger partial charge in [0.15, 0.2) is 0 Å². The number of benzene rings is 1. The molecule has 3 amide bonds. The van der Waals surface area contributed by atoms with Crippen LogP contribution < -0.4 is 5.32 Å². The lowest BCUT2D eigenvalue weighted by Gasteiger charge is -2.45. The van der Waals surface area contributed by atoms with Crippen molar-refractivity contribution in [1.82, 2.24) is 20.1 Å². The summed E-state index contributed by atoms with van der Waals surface area (Å²) in [6, 6.07) is 8.02. The number of halogens is 1. The Balaban J connectivity index is 1.56. The van der Waals surface area contributed by atoms with E-state index in [0.717, 1.165) is 5.56 Å². The molecular formula is C26H31FN4O4. The Bertz CT molecular complexity index is 1080. The van der Waals surface area contributed by atoms with Gasteiger partial charge < -0.3 is 15.0 Å². The molecule has 0 bridgehead atoms. The number of amides is 3. The maximum absolute atomic E-state index is 13.7. The Labute approximate surface area is 204 Å². The number of likely N-dealkylation sites (tertiary alicyclic amines) is 1. The number of hydrogen-bond acceptors (Lipinski definition) is 5. The maximum Gasteiger partial charge on any atom is 0.256 e. The van der Waals surface area contributed by atoms with Crippen LogP contribution in [0.4, 0.5) is 4.39 Å². The number of nitrogens with zero attached hydrogens (tertiary/aromatic N) is 3. The van der Waals surface area contributed by atoms with Gasteiger partial charge in [0.05, 0.1) is 6.61 Å². The van der Waals surface area contributed by atoms with E-state index < -0.39 is 28.9 Å². The van der Waals surface area contributed by atoms with Gasteiger partial charge in [0.25, 0.3) is 5.91 Å². The number of ether oxygens (including phenoxy) is 1. The van der Waals surface area contributed by atoms with Crippen LogP contribution >= 0.6 is 0 Å².